The van der Waals surface area contributed by atoms with Crippen molar-refractivity contribution in [3.05, 3.63) is 29.8 Å². The van der Waals surface area contributed by atoms with Gasteiger partial charge in [-0.15, -0.1) is 24.0 Å². The third kappa shape index (κ3) is 10.5. The number of halogens is 1. The Morgan fingerprint density at radius 2 is 2.03 bits per heavy atom. The maximum atomic E-state index is 12.1. The maximum Gasteiger partial charge on any atom is 0.227 e. The summed E-state index contributed by atoms with van der Waals surface area (Å²) in [5.74, 6) is 1.50. The van der Waals surface area contributed by atoms with Gasteiger partial charge in [-0.1, -0.05) is 39.8 Å². The fourth-order valence-corrected chi connectivity index (χ4v) is 3.51. The summed E-state index contributed by atoms with van der Waals surface area (Å²) in [6, 6.07) is 7.89. The second-order valence-corrected chi connectivity index (χ2v) is 8.72. The first-order chi connectivity index (χ1) is 14.9. The molecule has 2 unspecified atom stereocenters. The van der Waals surface area contributed by atoms with Crippen molar-refractivity contribution in [1.29, 1.82) is 0 Å². The number of hydrogen-bond acceptors (Lipinski definition) is 4. The molecule has 2 atom stereocenters. The molecule has 0 aromatic heterocycles. The number of ether oxygens (including phenoxy) is 1. The van der Waals surface area contributed by atoms with Gasteiger partial charge in [0.2, 0.25) is 5.91 Å². The van der Waals surface area contributed by atoms with Gasteiger partial charge in [-0.25, -0.2) is 4.99 Å². The quantitative estimate of drug-likeness (QED) is 0.232. The molecule has 1 aliphatic rings. The molecule has 0 aliphatic carbocycles. The Bertz CT molecular complexity index is 713. The van der Waals surface area contributed by atoms with Gasteiger partial charge < -0.3 is 20.7 Å². The molecule has 2 rings (SSSR count). The molecule has 1 fully saturated rings. The van der Waals surface area contributed by atoms with Gasteiger partial charge in [0.15, 0.2) is 5.96 Å². The van der Waals surface area contributed by atoms with E-state index in [-0.39, 0.29) is 41.9 Å². The SMILES string of the molecule is CCNC(=NCc1cccc(NC(=O)C(C)CC)c1)NCC1CN(CC(C)C)CCO1.I. The summed E-state index contributed by atoms with van der Waals surface area (Å²) in [5, 5.41) is 9.72. The van der Waals surface area contributed by atoms with E-state index < -0.39 is 0 Å². The lowest BCUT2D eigenvalue weighted by molar-refractivity contribution is -0.119. The van der Waals surface area contributed by atoms with Crippen LogP contribution in [0.2, 0.25) is 0 Å². The van der Waals surface area contributed by atoms with Crippen LogP contribution in [0.1, 0.15) is 46.6 Å². The number of amides is 1. The molecule has 1 aromatic rings. The van der Waals surface area contributed by atoms with Gasteiger partial charge in [-0.2, -0.15) is 0 Å². The lowest BCUT2D eigenvalue weighted by Gasteiger charge is -2.34. The zero-order valence-electron chi connectivity index (χ0n) is 20.3. The molecule has 8 heteroatoms. The number of carbonyl (C=O) groups excluding carboxylic acids is 1. The normalized spacial score (nSPS) is 18.1. The maximum absolute atomic E-state index is 12.1. The van der Waals surface area contributed by atoms with Gasteiger partial charge in [0, 0.05) is 44.3 Å². The highest BCUT2D eigenvalue weighted by Gasteiger charge is 2.21. The topological polar surface area (TPSA) is 78.0 Å². The average molecular weight is 560 g/mol. The molecule has 32 heavy (non-hydrogen) atoms. The summed E-state index contributed by atoms with van der Waals surface area (Å²) in [6.45, 7) is 16.4. The highest BCUT2D eigenvalue weighted by Crippen LogP contribution is 2.14. The Labute approximate surface area is 211 Å². The predicted octanol–water partition coefficient (Wildman–Crippen LogP) is 3.70. The minimum Gasteiger partial charge on any atom is -0.374 e. The van der Waals surface area contributed by atoms with Crippen molar-refractivity contribution in [2.24, 2.45) is 16.8 Å². The lowest BCUT2D eigenvalue weighted by atomic mass is 10.1. The Kier molecular flexibility index (Phi) is 13.8. The number of anilines is 1. The van der Waals surface area contributed by atoms with Crippen LogP contribution >= 0.6 is 24.0 Å². The van der Waals surface area contributed by atoms with Gasteiger partial charge in [-0.3, -0.25) is 9.69 Å². The van der Waals surface area contributed by atoms with Crippen LogP contribution in [0.5, 0.6) is 0 Å². The third-order valence-electron chi connectivity index (χ3n) is 5.36. The molecular formula is C24H42IN5O2. The van der Waals surface area contributed by atoms with Crippen LogP contribution in [0, 0.1) is 11.8 Å². The zero-order chi connectivity index (χ0) is 22.6. The number of aliphatic imine (C=N–C) groups is 1. The van der Waals surface area contributed by atoms with Crippen LogP contribution in [0.25, 0.3) is 0 Å². The molecular weight excluding hydrogens is 517 g/mol. The van der Waals surface area contributed by atoms with Crippen LogP contribution in [0.4, 0.5) is 5.69 Å². The zero-order valence-corrected chi connectivity index (χ0v) is 22.6. The molecule has 1 aliphatic heterocycles. The number of rotatable bonds is 10. The minimum atomic E-state index is 0. The number of nitrogens with zero attached hydrogens (tertiary/aromatic N) is 2. The van der Waals surface area contributed by atoms with E-state index in [9.17, 15) is 4.79 Å². The fraction of sp³-hybridized carbons (Fsp3) is 0.667. The molecule has 0 radical (unpaired) electrons. The molecule has 1 aromatic carbocycles. The molecule has 1 heterocycles. The van der Waals surface area contributed by atoms with Gasteiger partial charge in [0.1, 0.15) is 0 Å². The summed E-state index contributed by atoms with van der Waals surface area (Å²) in [5.41, 5.74) is 1.87. The van der Waals surface area contributed by atoms with Crippen molar-refractivity contribution in [1.82, 2.24) is 15.5 Å². The lowest BCUT2D eigenvalue weighted by Crippen LogP contribution is -2.50. The summed E-state index contributed by atoms with van der Waals surface area (Å²) in [6.07, 6.45) is 0.989. The number of guanidine groups is 1. The first kappa shape index (κ1) is 28.6. The summed E-state index contributed by atoms with van der Waals surface area (Å²) in [4.78, 5) is 19.3. The van der Waals surface area contributed by atoms with E-state index in [1.807, 2.05) is 38.1 Å². The average Bonchev–Trinajstić information content (AvgIpc) is 2.75. The number of hydrogen-bond donors (Lipinski definition) is 3. The Morgan fingerprint density at radius 3 is 2.72 bits per heavy atom. The second kappa shape index (κ2) is 15.4. The highest BCUT2D eigenvalue weighted by molar-refractivity contribution is 14.0. The predicted molar refractivity (Wildman–Crippen MR) is 144 cm³/mol. The van der Waals surface area contributed by atoms with E-state index in [2.05, 4.69) is 41.6 Å². The Balaban J connectivity index is 0.00000512. The van der Waals surface area contributed by atoms with E-state index in [1.165, 1.54) is 0 Å². The minimum absolute atomic E-state index is 0. The van der Waals surface area contributed by atoms with E-state index >= 15 is 0 Å². The first-order valence-corrected chi connectivity index (χ1v) is 11.7. The number of benzene rings is 1. The van der Waals surface area contributed by atoms with E-state index in [0.717, 1.165) is 63.0 Å². The Hall–Kier alpha value is -1.39. The molecule has 1 amide bonds. The summed E-state index contributed by atoms with van der Waals surface area (Å²) in [7, 11) is 0. The number of carbonyl (C=O) groups is 1. The van der Waals surface area contributed by atoms with Crippen molar-refractivity contribution in [2.75, 3.05) is 44.6 Å². The van der Waals surface area contributed by atoms with Gasteiger partial charge in [-0.05, 0) is 37.0 Å². The molecule has 0 bridgehead atoms. The van der Waals surface area contributed by atoms with E-state index in [1.54, 1.807) is 0 Å². The molecule has 182 valence electrons. The molecule has 1 saturated heterocycles. The largest absolute Gasteiger partial charge is 0.374 e. The summed E-state index contributed by atoms with van der Waals surface area (Å²) < 4.78 is 5.94. The summed E-state index contributed by atoms with van der Waals surface area (Å²) >= 11 is 0. The number of nitrogens with one attached hydrogen (secondary N) is 3. The van der Waals surface area contributed by atoms with Crippen molar-refractivity contribution in [3.8, 4) is 0 Å². The van der Waals surface area contributed by atoms with Gasteiger partial charge >= 0.3 is 0 Å². The first-order valence-electron chi connectivity index (χ1n) is 11.7. The Morgan fingerprint density at radius 1 is 1.25 bits per heavy atom. The van der Waals surface area contributed by atoms with Crippen LogP contribution < -0.4 is 16.0 Å². The van der Waals surface area contributed by atoms with Crippen molar-refractivity contribution in [2.45, 2.75) is 53.7 Å². The van der Waals surface area contributed by atoms with Crippen molar-refractivity contribution in [3.63, 3.8) is 0 Å². The van der Waals surface area contributed by atoms with E-state index in [0.29, 0.717) is 12.5 Å². The molecule has 0 saturated carbocycles. The second-order valence-electron chi connectivity index (χ2n) is 8.72. The van der Waals surface area contributed by atoms with Crippen LogP contribution in [-0.4, -0.2) is 62.2 Å². The van der Waals surface area contributed by atoms with Gasteiger partial charge in [0.05, 0.1) is 19.3 Å². The van der Waals surface area contributed by atoms with Crippen molar-refractivity contribution >= 4 is 41.5 Å². The highest BCUT2D eigenvalue weighted by atomic mass is 127. The molecule has 7 nitrogen and oxygen atoms in total. The monoisotopic (exact) mass is 559 g/mol. The van der Waals surface area contributed by atoms with Crippen LogP contribution in [0.15, 0.2) is 29.3 Å². The van der Waals surface area contributed by atoms with Crippen LogP contribution in [-0.2, 0) is 16.1 Å². The van der Waals surface area contributed by atoms with E-state index in [4.69, 9.17) is 9.73 Å². The molecule has 3 N–H and O–H groups in total. The third-order valence-corrected chi connectivity index (χ3v) is 5.36. The standard InChI is InChI=1S/C24H41N5O2.HI/c1-6-19(5)23(30)28-21-10-8-9-20(13-21)14-26-24(25-7-2)27-15-22-17-29(11-12-31-22)16-18(3)4;/h8-10,13,18-19,22H,6-7,11-12,14-17H2,1-5H3,(H,28,30)(H2,25,26,27);1H. The smallest absolute Gasteiger partial charge is 0.227 e. The fourth-order valence-electron chi connectivity index (χ4n) is 3.51. The van der Waals surface area contributed by atoms with Gasteiger partial charge in [0.25, 0.3) is 0 Å². The van der Waals surface area contributed by atoms with Crippen molar-refractivity contribution < 1.29 is 9.53 Å². The molecule has 0 spiro atoms. The number of morpholine rings is 1. The van der Waals surface area contributed by atoms with Crippen LogP contribution in [0.3, 0.4) is 0 Å².